The summed E-state index contributed by atoms with van der Waals surface area (Å²) in [5, 5.41) is 12.6. The molecule has 0 radical (unpaired) electrons. The molecule has 0 unspecified atom stereocenters. The van der Waals surface area contributed by atoms with Gasteiger partial charge in [-0.25, -0.2) is 0 Å². The fourth-order valence-corrected chi connectivity index (χ4v) is 2.15. The Morgan fingerprint density at radius 1 is 1.32 bits per heavy atom. The second-order valence-electron chi connectivity index (χ2n) is 5.21. The third-order valence-corrected chi connectivity index (χ3v) is 3.43. The molecule has 130 valence electrons. The van der Waals surface area contributed by atoms with Crippen LogP contribution in [0.4, 0.5) is 0 Å². The zero-order chi connectivity index (χ0) is 18.1. The molecule has 0 bridgehead atoms. The molecule has 0 spiro atoms. The van der Waals surface area contributed by atoms with Crippen LogP contribution in [-0.4, -0.2) is 30.8 Å². The molecule has 1 amide bonds. The summed E-state index contributed by atoms with van der Waals surface area (Å²) in [7, 11) is 0. The summed E-state index contributed by atoms with van der Waals surface area (Å²) in [5.41, 5.74) is 2.17. The Bertz CT molecular complexity index is 774. The minimum atomic E-state index is -0.337. The van der Waals surface area contributed by atoms with Gasteiger partial charge in [-0.05, 0) is 17.7 Å². The number of phenols is 1. The number of rotatable bonds is 9. The van der Waals surface area contributed by atoms with Crippen molar-refractivity contribution in [3.05, 3.63) is 79.3 Å². The zero-order valence-electron chi connectivity index (χ0n) is 13.9. The van der Waals surface area contributed by atoms with Crippen LogP contribution in [-0.2, 0) is 4.74 Å². The van der Waals surface area contributed by atoms with Gasteiger partial charge in [0.25, 0.3) is 5.91 Å². The minimum Gasteiger partial charge on any atom is -0.507 e. The zero-order valence-corrected chi connectivity index (χ0v) is 13.9. The van der Waals surface area contributed by atoms with Crippen LogP contribution in [0.5, 0.6) is 5.75 Å². The highest BCUT2D eigenvalue weighted by Crippen LogP contribution is 2.29. The second kappa shape index (κ2) is 9.30. The van der Waals surface area contributed by atoms with E-state index in [0.717, 1.165) is 5.57 Å². The van der Waals surface area contributed by atoms with Crippen molar-refractivity contribution in [2.24, 2.45) is 0 Å². The van der Waals surface area contributed by atoms with E-state index < -0.39 is 0 Å². The number of allylic oxidation sites excluding steroid dienone is 2. The Morgan fingerprint density at radius 2 is 2.12 bits per heavy atom. The van der Waals surface area contributed by atoms with E-state index in [0.29, 0.717) is 30.9 Å². The van der Waals surface area contributed by atoms with Crippen molar-refractivity contribution in [3.8, 4) is 16.9 Å². The Morgan fingerprint density at radius 3 is 2.84 bits per heavy atom. The lowest BCUT2D eigenvalue weighted by Crippen LogP contribution is -2.27. The van der Waals surface area contributed by atoms with Gasteiger partial charge in [0.05, 0.1) is 19.5 Å². The molecule has 0 saturated heterocycles. The Balaban J connectivity index is 1.82. The van der Waals surface area contributed by atoms with E-state index in [2.05, 4.69) is 18.5 Å². The smallest absolute Gasteiger partial charge is 0.287 e. The van der Waals surface area contributed by atoms with E-state index in [-0.39, 0.29) is 17.4 Å². The fourth-order valence-electron chi connectivity index (χ4n) is 2.15. The van der Waals surface area contributed by atoms with Crippen molar-refractivity contribution in [3.63, 3.8) is 0 Å². The highest BCUT2D eigenvalue weighted by Gasteiger charge is 2.13. The predicted octanol–water partition coefficient (Wildman–Crippen LogP) is 3.70. The van der Waals surface area contributed by atoms with Crippen LogP contribution >= 0.6 is 0 Å². The monoisotopic (exact) mass is 339 g/mol. The molecule has 0 saturated carbocycles. The average Bonchev–Trinajstić information content (AvgIpc) is 3.10. The molecular formula is C20H21NO4. The van der Waals surface area contributed by atoms with Gasteiger partial charge in [-0.15, -0.1) is 0 Å². The van der Waals surface area contributed by atoms with E-state index >= 15 is 0 Å². The first-order chi connectivity index (χ1) is 12.2. The summed E-state index contributed by atoms with van der Waals surface area (Å²) in [6, 6.07) is 8.46. The molecule has 2 rings (SSSR count). The van der Waals surface area contributed by atoms with Crippen molar-refractivity contribution in [2.45, 2.75) is 0 Å². The van der Waals surface area contributed by atoms with Gasteiger partial charge in [0.1, 0.15) is 5.75 Å². The molecule has 2 N–H and O–H groups in total. The van der Waals surface area contributed by atoms with Crippen molar-refractivity contribution >= 4 is 5.91 Å². The second-order valence-corrected chi connectivity index (χ2v) is 5.21. The topological polar surface area (TPSA) is 71.7 Å². The number of hydrogen-bond acceptors (Lipinski definition) is 4. The highest BCUT2D eigenvalue weighted by atomic mass is 16.5. The summed E-state index contributed by atoms with van der Waals surface area (Å²) >= 11 is 0. The van der Waals surface area contributed by atoms with Gasteiger partial charge in [-0.1, -0.05) is 49.6 Å². The standard InChI is InChI=1S/C20H21NO4/c1-3-7-15(4-2)13-24-11-10-21-20(23)19-12-16(14-25-19)17-8-5-6-9-18(17)22/h3-9,12,14,22H,1-2,10-11,13H2,(H,21,23)/b15-7+. The largest absolute Gasteiger partial charge is 0.507 e. The molecule has 25 heavy (non-hydrogen) atoms. The maximum Gasteiger partial charge on any atom is 0.287 e. The summed E-state index contributed by atoms with van der Waals surface area (Å²) in [6.07, 6.45) is 6.62. The fraction of sp³-hybridized carbons (Fsp3) is 0.150. The molecule has 1 aromatic heterocycles. The number of aromatic hydroxyl groups is 1. The third kappa shape index (κ3) is 5.22. The predicted molar refractivity (Wildman–Crippen MR) is 97.4 cm³/mol. The molecule has 5 nitrogen and oxygen atoms in total. The van der Waals surface area contributed by atoms with Gasteiger partial charge >= 0.3 is 0 Å². The molecule has 1 heterocycles. The van der Waals surface area contributed by atoms with Crippen LogP contribution in [0.3, 0.4) is 0 Å². The van der Waals surface area contributed by atoms with Gasteiger partial charge in [0.2, 0.25) is 0 Å². The van der Waals surface area contributed by atoms with E-state index in [4.69, 9.17) is 9.15 Å². The molecule has 1 aromatic carbocycles. The summed E-state index contributed by atoms with van der Waals surface area (Å²) in [5.74, 6) is -0.0262. The highest BCUT2D eigenvalue weighted by molar-refractivity contribution is 5.93. The number of amides is 1. The number of hydrogen-bond donors (Lipinski definition) is 2. The lowest BCUT2D eigenvalue weighted by atomic mass is 10.1. The number of phenolic OH excluding ortho intramolecular Hbond substituents is 1. The number of carbonyl (C=O) groups excluding carboxylic acids is 1. The number of carbonyl (C=O) groups is 1. The van der Waals surface area contributed by atoms with Gasteiger partial charge < -0.3 is 19.6 Å². The minimum absolute atomic E-state index is 0.134. The van der Waals surface area contributed by atoms with E-state index in [1.807, 2.05) is 6.08 Å². The number of furan rings is 1. The summed E-state index contributed by atoms with van der Waals surface area (Å²) < 4.78 is 10.7. The lowest BCUT2D eigenvalue weighted by Gasteiger charge is -2.05. The number of nitrogens with one attached hydrogen (secondary N) is 1. The normalized spacial score (nSPS) is 11.1. The van der Waals surface area contributed by atoms with Crippen LogP contribution < -0.4 is 5.32 Å². The van der Waals surface area contributed by atoms with Crippen molar-refractivity contribution < 1.29 is 19.1 Å². The number of benzene rings is 1. The first kappa shape index (κ1) is 18.3. The Labute approximate surface area is 146 Å². The SMILES string of the molecule is C=C/C=C(\C=C)COCCNC(=O)c1cc(-c2ccccc2O)co1. The van der Waals surface area contributed by atoms with Crippen LogP contribution in [0.25, 0.3) is 11.1 Å². The Kier molecular flexibility index (Phi) is 6.80. The molecule has 0 aliphatic carbocycles. The number of ether oxygens (including phenoxy) is 1. The lowest BCUT2D eigenvalue weighted by molar-refractivity contribution is 0.0900. The van der Waals surface area contributed by atoms with E-state index in [1.54, 1.807) is 42.5 Å². The van der Waals surface area contributed by atoms with Crippen molar-refractivity contribution in [1.82, 2.24) is 5.32 Å². The number of para-hydroxylation sites is 1. The van der Waals surface area contributed by atoms with Gasteiger partial charge in [-0.3, -0.25) is 4.79 Å². The van der Waals surface area contributed by atoms with Crippen LogP contribution in [0, 0.1) is 0 Å². The molecule has 0 aliphatic heterocycles. The maximum atomic E-state index is 12.1. The molecule has 0 fully saturated rings. The average molecular weight is 339 g/mol. The van der Waals surface area contributed by atoms with Crippen LogP contribution in [0.2, 0.25) is 0 Å². The molecule has 2 aromatic rings. The molecule has 0 aliphatic rings. The Hall–Kier alpha value is -3.05. The first-order valence-electron chi connectivity index (χ1n) is 7.82. The third-order valence-electron chi connectivity index (χ3n) is 3.43. The van der Waals surface area contributed by atoms with Crippen LogP contribution in [0.1, 0.15) is 10.6 Å². The van der Waals surface area contributed by atoms with Crippen molar-refractivity contribution in [2.75, 3.05) is 19.8 Å². The molecule has 5 heteroatoms. The van der Waals surface area contributed by atoms with E-state index in [9.17, 15) is 9.90 Å². The van der Waals surface area contributed by atoms with E-state index in [1.165, 1.54) is 6.26 Å². The summed E-state index contributed by atoms with van der Waals surface area (Å²) in [4.78, 5) is 12.1. The van der Waals surface area contributed by atoms with Gasteiger partial charge in [0, 0.05) is 17.7 Å². The van der Waals surface area contributed by atoms with Crippen molar-refractivity contribution in [1.29, 1.82) is 0 Å². The quantitative estimate of drug-likeness (QED) is 0.540. The maximum absolute atomic E-state index is 12.1. The molecule has 0 atom stereocenters. The molecular weight excluding hydrogens is 318 g/mol. The van der Waals surface area contributed by atoms with Gasteiger partial charge in [0.15, 0.2) is 5.76 Å². The van der Waals surface area contributed by atoms with Gasteiger partial charge in [-0.2, -0.15) is 0 Å². The first-order valence-corrected chi connectivity index (χ1v) is 7.82. The van der Waals surface area contributed by atoms with Crippen LogP contribution in [0.15, 0.2) is 78.0 Å². The summed E-state index contributed by atoms with van der Waals surface area (Å²) in [6.45, 7) is 8.42.